The molecule has 1 aliphatic heterocycles. The third kappa shape index (κ3) is 4.41. The lowest BCUT2D eigenvalue weighted by atomic mass is 10.1. The Kier molecular flexibility index (Phi) is 6.08. The first-order chi connectivity index (χ1) is 16.6. The molecule has 34 heavy (non-hydrogen) atoms. The van der Waals surface area contributed by atoms with Gasteiger partial charge < -0.3 is 10.2 Å². The summed E-state index contributed by atoms with van der Waals surface area (Å²) in [6.45, 7) is 1.95. The summed E-state index contributed by atoms with van der Waals surface area (Å²) >= 11 is 0. The smallest absolute Gasteiger partial charge is 0.267 e. The highest BCUT2D eigenvalue weighted by atomic mass is 19.1. The Hall–Kier alpha value is -4.00. The highest BCUT2D eigenvalue weighted by Crippen LogP contribution is 2.23. The summed E-state index contributed by atoms with van der Waals surface area (Å²) in [7, 11) is 0. The molecule has 1 amide bonds. The maximum atomic E-state index is 13.6. The topological polar surface area (TPSA) is 67.2 Å². The molecule has 3 aromatic carbocycles. The summed E-state index contributed by atoms with van der Waals surface area (Å²) < 4.78 is 14.8. The quantitative estimate of drug-likeness (QED) is 0.482. The van der Waals surface area contributed by atoms with E-state index < -0.39 is 0 Å². The van der Waals surface area contributed by atoms with Crippen molar-refractivity contribution in [2.24, 2.45) is 0 Å². The number of hydrogen-bond donors (Lipinski definition) is 1. The van der Waals surface area contributed by atoms with E-state index >= 15 is 0 Å². The van der Waals surface area contributed by atoms with Gasteiger partial charge in [0.1, 0.15) is 5.82 Å². The number of carbonyl (C=O) groups is 1. The number of hydrogen-bond acceptors (Lipinski definition) is 4. The number of anilines is 1. The molecular formula is C27H25FN4O2. The van der Waals surface area contributed by atoms with Gasteiger partial charge in [0, 0.05) is 25.2 Å². The van der Waals surface area contributed by atoms with Crippen molar-refractivity contribution in [1.29, 1.82) is 0 Å². The molecule has 1 fully saturated rings. The van der Waals surface area contributed by atoms with Crippen LogP contribution in [0.3, 0.4) is 0 Å². The van der Waals surface area contributed by atoms with Crippen LogP contribution in [-0.2, 0) is 6.54 Å². The molecule has 1 N–H and O–H groups in total. The Bertz CT molecular complexity index is 1380. The van der Waals surface area contributed by atoms with Crippen LogP contribution in [0.5, 0.6) is 0 Å². The Morgan fingerprint density at radius 1 is 0.941 bits per heavy atom. The van der Waals surface area contributed by atoms with Crippen molar-refractivity contribution < 1.29 is 9.18 Å². The zero-order valence-electron chi connectivity index (χ0n) is 18.7. The standard InChI is InChI=1S/C27H25FN4O2/c28-21-12-9-19(10-13-21)18-29-25(33)20-11-14-23-24(17-20)30-27(31-15-5-2-6-16-31)32(26(23)34)22-7-3-1-4-8-22/h1,3-4,7-14,17H,2,5-6,15-16,18H2,(H,29,33). The molecule has 7 heteroatoms. The summed E-state index contributed by atoms with van der Waals surface area (Å²) in [5.74, 6) is 0.00778. The predicted octanol–water partition coefficient (Wildman–Crippen LogP) is 4.45. The molecule has 1 aromatic heterocycles. The number of para-hydroxylation sites is 1. The molecule has 0 atom stereocenters. The van der Waals surface area contributed by atoms with Crippen molar-refractivity contribution >= 4 is 22.8 Å². The molecule has 1 aliphatic rings. The van der Waals surface area contributed by atoms with Crippen molar-refractivity contribution in [2.75, 3.05) is 18.0 Å². The fourth-order valence-electron chi connectivity index (χ4n) is 4.32. The molecule has 0 bridgehead atoms. The minimum Gasteiger partial charge on any atom is -0.348 e. The predicted molar refractivity (Wildman–Crippen MR) is 131 cm³/mol. The zero-order valence-corrected chi connectivity index (χ0v) is 18.7. The first-order valence-electron chi connectivity index (χ1n) is 11.5. The number of amides is 1. The van der Waals surface area contributed by atoms with Gasteiger partial charge in [0.15, 0.2) is 0 Å². The Balaban J connectivity index is 1.52. The zero-order chi connectivity index (χ0) is 23.5. The van der Waals surface area contributed by atoms with Gasteiger partial charge in [-0.1, -0.05) is 30.3 Å². The summed E-state index contributed by atoms with van der Waals surface area (Å²) in [6, 6.07) is 20.5. The summed E-state index contributed by atoms with van der Waals surface area (Å²) in [4.78, 5) is 33.4. The number of nitrogens with zero attached hydrogens (tertiary/aromatic N) is 3. The van der Waals surface area contributed by atoms with E-state index in [4.69, 9.17) is 4.98 Å². The maximum absolute atomic E-state index is 13.6. The molecule has 0 spiro atoms. The highest BCUT2D eigenvalue weighted by Gasteiger charge is 2.21. The monoisotopic (exact) mass is 456 g/mol. The second kappa shape index (κ2) is 9.47. The summed E-state index contributed by atoms with van der Waals surface area (Å²) in [5.41, 5.74) is 2.32. The minimum absolute atomic E-state index is 0.157. The third-order valence-electron chi connectivity index (χ3n) is 6.13. The highest BCUT2D eigenvalue weighted by molar-refractivity contribution is 5.97. The second-order valence-electron chi connectivity index (χ2n) is 8.48. The van der Waals surface area contributed by atoms with Gasteiger partial charge in [0.2, 0.25) is 5.95 Å². The molecule has 0 radical (unpaired) electrons. The average Bonchev–Trinajstić information content (AvgIpc) is 2.89. The lowest BCUT2D eigenvalue weighted by Crippen LogP contribution is -2.36. The molecule has 0 unspecified atom stereocenters. The SMILES string of the molecule is O=C(NCc1ccc(F)cc1)c1ccc2c(=O)n(-c3ccccc3)c(N3CCCCC3)nc2c1. The Labute approximate surface area is 196 Å². The van der Waals surface area contributed by atoms with Gasteiger partial charge in [0.25, 0.3) is 11.5 Å². The van der Waals surface area contributed by atoms with E-state index in [-0.39, 0.29) is 23.8 Å². The molecular weight excluding hydrogens is 431 g/mol. The number of rotatable bonds is 5. The minimum atomic E-state index is -0.318. The number of nitrogens with one attached hydrogen (secondary N) is 1. The van der Waals surface area contributed by atoms with Crippen LogP contribution < -0.4 is 15.8 Å². The van der Waals surface area contributed by atoms with E-state index in [1.807, 2.05) is 30.3 Å². The van der Waals surface area contributed by atoms with Crippen molar-refractivity contribution in [3.63, 3.8) is 0 Å². The summed E-state index contributed by atoms with van der Waals surface area (Å²) in [5, 5.41) is 3.30. The van der Waals surface area contributed by atoms with E-state index in [0.717, 1.165) is 43.6 Å². The van der Waals surface area contributed by atoms with Crippen LogP contribution in [0.15, 0.2) is 77.6 Å². The lowest BCUT2D eigenvalue weighted by Gasteiger charge is -2.30. The largest absolute Gasteiger partial charge is 0.348 e. The van der Waals surface area contributed by atoms with Crippen LogP contribution in [0, 0.1) is 5.82 Å². The third-order valence-corrected chi connectivity index (χ3v) is 6.13. The van der Waals surface area contributed by atoms with Gasteiger partial charge in [-0.25, -0.2) is 13.9 Å². The van der Waals surface area contributed by atoms with Gasteiger partial charge in [-0.15, -0.1) is 0 Å². The van der Waals surface area contributed by atoms with Gasteiger partial charge in [-0.3, -0.25) is 9.59 Å². The molecule has 6 nitrogen and oxygen atoms in total. The molecule has 0 saturated carbocycles. The maximum Gasteiger partial charge on any atom is 0.267 e. The van der Waals surface area contributed by atoms with Crippen LogP contribution in [0.25, 0.3) is 16.6 Å². The fraction of sp³-hybridized carbons (Fsp3) is 0.222. The van der Waals surface area contributed by atoms with Crippen molar-refractivity contribution in [3.8, 4) is 5.69 Å². The first-order valence-corrected chi connectivity index (χ1v) is 11.5. The Morgan fingerprint density at radius 2 is 1.68 bits per heavy atom. The molecule has 2 heterocycles. The Morgan fingerprint density at radius 3 is 2.41 bits per heavy atom. The van der Waals surface area contributed by atoms with E-state index in [1.54, 1.807) is 34.9 Å². The van der Waals surface area contributed by atoms with Crippen molar-refractivity contribution in [1.82, 2.24) is 14.9 Å². The molecule has 4 aromatic rings. The lowest BCUT2D eigenvalue weighted by molar-refractivity contribution is 0.0951. The first kappa shape index (κ1) is 21.8. The number of carbonyl (C=O) groups excluding carboxylic acids is 1. The average molecular weight is 457 g/mol. The van der Waals surface area contributed by atoms with E-state index in [1.165, 1.54) is 12.1 Å². The van der Waals surface area contributed by atoms with Crippen LogP contribution in [-0.4, -0.2) is 28.5 Å². The second-order valence-corrected chi connectivity index (χ2v) is 8.48. The number of aromatic nitrogens is 2. The van der Waals surface area contributed by atoms with Gasteiger partial charge in [-0.05, 0) is 67.3 Å². The summed E-state index contributed by atoms with van der Waals surface area (Å²) in [6.07, 6.45) is 3.26. The van der Waals surface area contributed by atoms with Crippen LogP contribution in [0.2, 0.25) is 0 Å². The molecule has 1 saturated heterocycles. The number of halogens is 1. The number of fused-ring (bicyclic) bond motifs is 1. The van der Waals surface area contributed by atoms with Gasteiger partial charge in [-0.2, -0.15) is 0 Å². The number of benzene rings is 3. The van der Waals surface area contributed by atoms with Crippen LogP contribution in [0.1, 0.15) is 35.2 Å². The number of piperidine rings is 1. The van der Waals surface area contributed by atoms with Crippen LogP contribution >= 0.6 is 0 Å². The van der Waals surface area contributed by atoms with Gasteiger partial charge >= 0.3 is 0 Å². The normalized spacial score (nSPS) is 13.7. The fourth-order valence-corrected chi connectivity index (χ4v) is 4.32. The van der Waals surface area contributed by atoms with E-state index in [0.29, 0.717) is 22.4 Å². The molecule has 5 rings (SSSR count). The van der Waals surface area contributed by atoms with Gasteiger partial charge in [0.05, 0.1) is 16.6 Å². The molecule has 172 valence electrons. The van der Waals surface area contributed by atoms with Crippen molar-refractivity contribution in [3.05, 3.63) is 100 Å². The van der Waals surface area contributed by atoms with E-state index in [9.17, 15) is 14.0 Å². The van der Waals surface area contributed by atoms with E-state index in [2.05, 4.69) is 10.2 Å². The van der Waals surface area contributed by atoms with Crippen LogP contribution in [0.4, 0.5) is 10.3 Å². The molecule has 0 aliphatic carbocycles. The van der Waals surface area contributed by atoms with Crippen molar-refractivity contribution in [2.45, 2.75) is 25.8 Å².